The number of hydrogen-bond donors (Lipinski definition) is 0. The highest BCUT2D eigenvalue weighted by Gasteiger charge is 2.45. The quantitative estimate of drug-likeness (QED) is 0.593. The molecular formula is C14H21ClN2O4. The molecule has 0 bridgehead atoms. The summed E-state index contributed by atoms with van der Waals surface area (Å²) in [6.45, 7) is 7.01. The van der Waals surface area contributed by atoms with E-state index >= 15 is 0 Å². The number of rotatable bonds is 6. The van der Waals surface area contributed by atoms with Crippen molar-refractivity contribution in [3.63, 3.8) is 0 Å². The van der Waals surface area contributed by atoms with Crippen molar-refractivity contribution in [3.05, 3.63) is 16.4 Å². The Morgan fingerprint density at radius 3 is 2.05 bits per heavy atom. The number of carbonyl (C=O) groups is 2. The molecule has 0 aliphatic heterocycles. The molecular weight excluding hydrogens is 296 g/mol. The van der Waals surface area contributed by atoms with Crippen molar-refractivity contribution in [3.8, 4) is 0 Å². The van der Waals surface area contributed by atoms with Crippen LogP contribution in [0.25, 0.3) is 0 Å². The highest BCUT2D eigenvalue weighted by Crippen LogP contribution is 2.31. The van der Waals surface area contributed by atoms with E-state index in [0.29, 0.717) is 16.4 Å². The lowest BCUT2D eigenvalue weighted by atomic mass is 9.85. The smallest absolute Gasteiger partial charge is 0.323 e. The highest BCUT2D eigenvalue weighted by molar-refractivity contribution is 6.31. The first kappa shape index (κ1) is 17.5. The number of hydrogen-bond acceptors (Lipinski definition) is 5. The molecule has 0 N–H and O–H groups in total. The predicted octanol–water partition coefficient (Wildman–Crippen LogP) is 2.06. The van der Waals surface area contributed by atoms with Crippen LogP contribution in [0.15, 0.2) is 0 Å². The molecule has 6 nitrogen and oxygen atoms in total. The molecule has 0 aliphatic carbocycles. The van der Waals surface area contributed by atoms with Crippen molar-refractivity contribution in [2.24, 2.45) is 12.5 Å². The minimum atomic E-state index is -1.45. The van der Waals surface area contributed by atoms with Gasteiger partial charge in [-0.2, -0.15) is 5.10 Å². The average molecular weight is 317 g/mol. The maximum atomic E-state index is 12.2. The van der Waals surface area contributed by atoms with Crippen molar-refractivity contribution < 1.29 is 19.1 Å². The number of halogens is 1. The lowest BCUT2D eigenvalue weighted by Gasteiger charge is -2.25. The fourth-order valence-electron chi connectivity index (χ4n) is 2.02. The van der Waals surface area contributed by atoms with Gasteiger partial charge in [-0.05, 0) is 27.7 Å². The van der Waals surface area contributed by atoms with Gasteiger partial charge in [-0.1, -0.05) is 11.6 Å². The van der Waals surface area contributed by atoms with Crippen LogP contribution in [-0.2, 0) is 32.5 Å². The summed E-state index contributed by atoms with van der Waals surface area (Å²) in [4.78, 5) is 24.4. The molecule has 0 atom stereocenters. The Bertz CT molecular complexity index is 521. The second kappa shape index (κ2) is 6.93. The molecule has 0 spiro atoms. The molecule has 1 aromatic rings. The van der Waals surface area contributed by atoms with Gasteiger partial charge in [0.25, 0.3) is 0 Å². The molecule has 0 saturated carbocycles. The predicted molar refractivity (Wildman–Crippen MR) is 78.0 cm³/mol. The minimum absolute atomic E-state index is 0.0703. The number of ether oxygens (including phenoxy) is 2. The Balaban J connectivity index is 3.19. The molecule has 1 heterocycles. The summed E-state index contributed by atoms with van der Waals surface area (Å²) in [5.74, 6) is -1.25. The summed E-state index contributed by atoms with van der Waals surface area (Å²) < 4.78 is 11.6. The van der Waals surface area contributed by atoms with Crippen LogP contribution >= 0.6 is 11.6 Å². The molecule has 0 aliphatic rings. The van der Waals surface area contributed by atoms with Crippen LogP contribution in [0.4, 0.5) is 0 Å². The van der Waals surface area contributed by atoms with Gasteiger partial charge in [0.05, 0.1) is 29.6 Å². The lowest BCUT2D eigenvalue weighted by Crippen LogP contribution is -2.41. The number of aromatic nitrogens is 2. The Morgan fingerprint density at radius 1 is 1.24 bits per heavy atom. The van der Waals surface area contributed by atoms with Crippen LogP contribution in [-0.4, -0.2) is 34.9 Å². The maximum Gasteiger partial charge on any atom is 0.323 e. The van der Waals surface area contributed by atoms with E-state index in [0.717, 1.165) is 0 Å². The maximum absolute atomic E-state index is 12.2. The summed E-state index contributed by atoms with van der Waals surface area (Å²) in [6, 6.07) is 0. The topological polar surface area (TPSA) is 70.4 Å². The van der Waals surface area contributed by atoms with E-state index in [2.05, 4.69) is 5.10 Å². The third-order valence-electron chi connectivity index (χ3n) is 3.23. The third-order valence-corrected chi connectivity index (χ3v) is 3.73. The molecule has 1 rings (SSSR count). The molecule has 0 saturated heterocycles. The molecule has 0 radical (unpaired) electrons. The normalized spacial score (nSPS) is 11.3. The van der Waals surface area contributed by atoms with Gasteiger partial charge in [0.1, 0.15) is 0 Å². The van der Waals surface area contributed by atoms with Gasteiger partial charge in [0.2, 0.25) is 0 Å². The fourth-order valence-corrected chi connectivity index (χ4v) is 2.24. The second-order valence-electron chi connectivity index (χ2n) is 4.92. The van der Waals surface area contributed by atoms with Gasteiger partial charge in [0.15, 0.2) is 5.41 Å². The van der Waals surface area contributed by atoms with Crippen LogP contribution in [0.3, 0.4) is 0 Å². The van der Waals surface area contributed by atoms with Gasteiger partial charge in [-0.3, -0.25) is 14.3 Å². The second-order valence-corrected chi connectivity index (χ2v) is 5.30. The minimum Gasteiger partial charge on any atom is -0.465 e. The van der Waals surface area contributed by atoms with Gasteiger partial charge in [-0.15, -0.1) is 0 Å². The van der Waals surface area contributed by atoms with Gasteiger partial charge < -0.3 is 9.47 Å². The zero-order valence-corrected chi connectivity index (χ0v) is 13.8. The number of esters is 2. The molecule has 1 aromatic heterocycles. The van der Waals surface area contributed by atoms with Crippen molar-refractivity contribution in [2.75, 3.05) is 13.2 Å². The lowest BCUT2D eigenvalue weighted by molar-refractivity contribution is -0.170. The van der Waals surface area contributed by atoms with E-state index < -0.39 is 17.4 Å². The molecule has 0 amide bonds. The largest absolute Gasteiger partial charge is 0.465 e. The van der Waals surface area contributed by atoms with Gasteiger partial charge in [-0.25, -0.2) is 0 Å². The summed E-state index contributed by atoms with van der Waals surface area (Å²) >= 11 is 6.20. The molecule has 21 heavy (non-hydrogen) atoms. The Hall–Kier alpha value is -1.56. The molecule has 7 heteroatoms. The number of aryl methyl sites for hydroxylation is 2. The molecule has 118 valence electrons. The van der Waals surface area contributed by atoms with Gasteiger partial charge >= 0.3 is 11.9 Å². The monoisotopic (exact) mass is 316 g/mol. The van der Waals surface area contributed by atoms with Crippen molar-refractivity contribution in [2.45, 2.75) is 34.1 Å². The van der Waals surface area contributed by atoms with Crippen molar-refractivity contribution in [1.82, 2.24) is 9.78 Å². The van der Waals surface area contributed by atoms with E-state index in [1.54, 1.807) is 32.5 Å². The van der Waals surface area contributed by atoms with Crippen LogP contribution in [0.5, 0.6) is 0 Å². The summed E-state index contributed by atoms with van der Waals surface area (Å²) in [7, 11) is 1.71. The van der Waals surface area contributed by atoms with E-state index in [9.17, 15) is 9.59 Å². The van der Waals surface area contributed by atoms with Crippen LogP contribution in [0.1, 0.15) is 32.2 Å². The SMILES string of the molecule is CCOC(=O)C(C)(Cc1c(Cl)c(C)nn1C)C(=O)OCC. The van der Waals surface area contributed by atoms with Gasteiger partial charge in [0, 0.05) is 13.5 Å². The van der Waals surface area contributed by atoms with Crippen molar-refractivity contribution >= 4 is 23.5 Å². The van der Waals surface area contributed by atoms with E-state index in [1.165, 1.54) is 6.92 Å². The standard InChI is InChI=1S/C14H21ClN2O4/c1-6-20-12(18)14(4,13(19)21-7-2)8-10-11(15)9(3)16-17(10)5/h6-8H2,1-5H3. The van der Waals surface area contributed by atoms with E-state index in [-0.39, 0.29) is 19.6 Å². The first-order valence-electron chi connectivity index (χ1n) is 6.80. The number of nitrogens with zero attached hydrogens (tertiary/aromatic N) is 2. The highest BCUT2D eigenvalue weighted by atomic mass is 35.5. The van der Waals surface area contributed by atoms with Crippen LogP contribution in [0, 0.1) is 12.3 Å². The first-order chi connectivity index (χ1) is 9.77. The van der Waals surface area contributed by atoms with Crippen LogP contribution < -0.4 is 0 Å². The first-order valence-corrected chi connectivity index (χ1v) is 7.18. The summed E-state index contributed by atoms with van der Waals surface area (Å²) in [5.41, 5.74) is -0.211. The van der Waals surface area contributed by atoms with Crippen molar-refractivity contribution in [1.29, 1.82) is 0 Å². The number of carbonyl (C=O) groups excluding carboxylic acids is 2. The summed E-state index contributed by atoms with van der Waals surface area (Å²) in [5, 5.41) is 4.63. The third kappa shape index (κ3) is 3.56. The molecule has 0 aromatic carbocycles. The molecule has 0 unspecified atom stereocenters. The average Bonchev–Trinajstić information content (AvgIpc) is 2.65. The van der Waals surface area contributed by atoms with Crippen LogP contribution in [0.2, 0.25) is 5.02 Å². The molecule has 0 fully saturated rings. The van der Waals surface area contributed by atoms with E-state index in [1.807, 2.05) is 0 Å². The Kier molecular flexibility index (Phi) is 5.78. The Labute approximate surface area is 129 Å². The van der Waals surface area contributed by atoms with E-state index in [4.69, 9.17) is 21.1 Å². The fraction of sp³-hybridized carbons (Fsp3) is 0.643. The zero-order valence-electron chi connectivity index (χ0n) is 13.0. The summed E-state index contributed by atoms with van der Waals surface area (Å²) in [6.07, 6.45) is 0.0703. The zero-order chi connectivity index (χ0) is 16.2. The Morgan fingerprint density at radius 2 is 1.71 bits per heavy atom.